The Bertz CT molecular complexity index is 206. The average Bonchev–Trinajstić information content (AvgIpc) is 1.87. The van der Waals surface area contributed by atoms with Crippen molar-refractivity contribution in [3.8, 4) is 0 Å². The van der Waals surface area contributed by atoms with E-state index in [1.54, 1.807) is 0 Å². The van der Waals surface area contributed by atoms with Gasteiger partial charge in [-0.3, -0.25) is 5.41 Å². The molecule has 3 nitrogen and oxygen atoms in total. The van der Waals surface area contributed by atoms with Gasteiger partial charge in [-0.2, -0.15) is 0 Å². The van der Waals surface area contributed by atoms with E-state index >= 15 is 0 Å². The summed E-state index contributed by atoms with van der Waals surface area (Å²) in [6.07, 6.45) is 0. The quantitative estimate of drug-likeness (QED) is 0.266. The zero-order valence-corrected chi connectivity index (χ0v) is 8.54. The van der Waals surface area contributed by atoms with Crippen molar-refractivity contribution >= 4 is 36.7 Å². The van der Waals surface area contributed by atoms with Crippen LogP contribution in [0.15, 0.2) is 30.3 Å². The van der Waals surface area contributed by atoms with Gasteiger partial charge in [-0.1, -0.05) is 0 Å². The molecule has 0 aromatic heterocycles. The van der Waals surface area contributed by atoms with Crippen LogP contribution in [0.5, 0.6) is 0 Å². The third kappa shape index (κ3) is 9.49. The van der Waals surface area contributed by atoms with Crippen molar-refractivity contribution in [2.45, 2.75) is 0 Å². The van der Waals surface area contributed by atoms with Crippen LogP contribution < -0.4 is 14.3 Å². The minimum absolute atomic E-state index is 0.333. The molecule has 0 aliphatic rings. The fourth-order valence-corrected chi connectivity index (χ4v) is 0.919. The maximum absolute atomic E-state index is 6.06. The average molecular weight is 159 g/mol. The Hall–Kier alpha value is -0.510. The molecule has 0 aliphatic carbocycles. The molecule has 0 amide bonds. The van der Waals surface area contributed by atoms with Crippen molar-refractivity contribution in [1.82, 2.24) is 0 Å². The van der Waals surface area contributed by atoms with Crippen LogP contribution in [-0.4, -0.2) is 33.9 Å². The molecule has 0 aliphatic heterocycles. The SMILES string of the molecule is N=C(N)N.[Na][c]1ccccc1. The molecule has 0 saturated heterocycles. The van der Waals surface area contributed by atoms with E-state index < -0.39 is 0 Å². The monoisotopic (exact) mass is 159 g/mol. The summed E-state index contributed by atoms with van der Waals surface area (Å²) in [6, 6.07) is 10.5. The van der Waals surface area contributed by atoms with Crippen LogP contribution in [0.25, 0.3) is 0 Å². The van der Waals surface area contributed by atoms with Gasteiger partial charge in [0.2, 0.25) is 0 Å². The minimum atomic E-state index is -0.333. The molecule has 0 atom stereocenters. The van der Waals surface area contributed by atoms with Crippen molar-refractivity contribution in [2.75, 3.05) is 0 Å². The second-order valence-corrected chi connectivity index (χ2v) is 3.26. The van der Waals surface area contributed by atoms with Crippen LogP contribution in [0, 0.1) is 5.41 Å². The van der Waals surface area contributed by atoms with Crippen LogP contribution in [0.4, 0.5) is 0 Å². The van der Waals surface area contributed by atoms with Crippen LogP contribution in [0.2, 0.25) is 0 Å². The van der Waals surface area contributed by atoms with E-state index in [0.717, 1.165) is 0 Å². The topological polar surface area (TPSA) is 75.9 Å². The molecule has 0 saturated carbocycles. The molecule has 5 N–H and O–H groups in total. The van der Waals surface area contributed by atoms with Gasteiger partial charge in [-0.15, -0.1) is 0 Å². The second kappa shape index (κ2) is 6.22. The number of rotatable bonds is 0. The first-order chi connectivity index (χ1) is 5.13. The summed E-state index contributed by atoms with van der Waals surface area (Å²) in [7, 11) is 0. The molecular weight excluding hydrogens is 149 g/mol. The van der Waals surface area contributed by atoms with Gasteiger partial charge in [0.05, 0.1) is 0 Å². The van der Waals surface area contributed by atoms with Crippen molar-refractivity contribution in [2.24, 2.45) is 11.5 Å². The third-order valence-electron chi connectivity index (χ3n) is 0.940. The van der Waals surface area contributed by atoms with E-state index in [9.17, 15) is 0 Å². The molecule has 1 rings (SSSR count). The van der Waals surface area contributed by atoms with E-state index in [1.807, 2.05) is 6.07 Å². The van der Waals surface area contributed by atoms with Gasteiger partial charge in [0.15, 0.2) is 5.96 Å². The van der Waals surface area contributed by atoms with Crippen LogP contribution in [0.1, 0.15) is 0 Å². The van der Waals surface area contributed by atoms with Crippen molar-refractivity contribution in [1.29, 1.82) is 5.41 Å². The molecule has 0 radical (unpaired) electrons. The molecule has 0 bridgehead atoms. The number of benzene rings is 1. The molecule has 1 aromatic carbocycles. The molecule has 11 heavy (non-hydrogen) atoms. The molecule has 54 valence electrons. The van der Waals surface area contributed by atoms with E-state index in [1.165, 1.54) is 30.7 Å². The first kappa shape index (κ1) is 10.5. The molecule has 0 unspecified atom stereocenters. The number of nitrogens with two attached hydrogens (primary N) is 2. The van der Waals surface area contributed by atoms with Crippen LogP contribution in [-0.2, 0) is 0 Å². The Kier molecular flexibility index (Phi) is 5.93. The molecule has 4 heteroatoms. The van der Waals surface area contributed by atoms with Gasteiger partial charge >= 0.3 is 61.1 Å². The van der Waals surface area contributed by atoms with Gasteiger partial charge in [0.25, 0.3) is 0 Å². The fraction of sp³-hybridized carbons (Fsp3) is 0. The Balaban J connectivity index is 0.000000218. The predicted octanol–water partition coefficient (Wildman–Crippen LogP) is -0.681. The van der Waals surface area contributed by atoms with E-state index in [-0.39, 0.29) is 5.96 Å². The van der Waals surface area contributed by atoms with Gasteiger partial charge in [-0.25, -0.2) is 0 Å². The maximum atomic E-state index is 6.06. The summed E-state index contributed by atoms with van der Waals surface area (Å²) in [6.45, 7) is 0. The molecule has 0 fully saturated rings. The summed E-state index contributed by atoms with van der Waals surface area (Å²) >= 11 is 1.17. The Morgan fingerprint density at radius 3 is 1.73 bits per heavy atom. The van der Waals surface area contributed by atoms with Crippen molar-refractivity contribution in [3.63, 3.8) is 0 Å². The predicted molar refractivity (Wildman–Crippen MR) is 47.9 cm³/mol. The zero-order valence-electron chi connectivity index (χ0n) is 6.54. The molecule has 0 spiro atoms. The normalized spacial score (nSPS) is 7.82. The first-order valence-electron chi connectivity index (χ1n) is 3.24. The number of hydrogen-bond acceptors (Lipinski definition) is 1. The Morgan fingerprint density at radius 1 is 1.18 bits per heavy atom. The Morgan fingerprint density at radius 2 is 1.55 bits per heavy atom. The van der Waals surface area contributed by atoms with Crippen molar-refractivity contribution in [3.05, 3.63) is 30.3 Å². The zero-order chi connectivity index (χ0) is 8.69. The van der Waals surface area contributed by atoms with Crippen molar-refractivity contribution < 1.29 is 0 Å². The van der Waals surface area contributed by atoms with E-state index in [0.29, 0.717) is 0 Å². The molecular formula is C7H10N3Na. The molecule has 1 aromatic rings. The van der Waals surface area contributed by atoms with Gasteiger partial charge < -0.3 is 11.5 Å². The number of hydrogen-bond donors (Lipinski definition) is 3. The number of nitrogens with one attached hydrogen (secondary N) is 1. The summed E-state index contributed by atoms with van der Waals surface area (Å²) in [5.41, 5.74) is 8.94. The first-order valence-corrected chi connectivity index (χ1v) is 4.24. The van der Waals surface area contributed by atoms with Gasteiger partial charge in [0, 0.05) is 0 Å². The van der Waals surface area contributed by atoms with E-state index in [4.69, 9.17) is 5.41 Å². The number of guanidine groups is 1. The van der Waals surface area contributed by atoms with Gasteiger partial charge in [0.1, 0.15) is 0 Å². The van der Waals surface area contributed by atoms with Gasteiger partial charge in [-0.05, 0) is 0 Å². The fourth-order valence-electron chi connectivity index (χ4n) is 0.534. The standard InChI is InChI=1S/C6H5.CH5N3.Na/c1-2-4-6-5-3-1;2-1(3)4;/h1-5H;(H5,2,3,4);. The summed E-state index contributed by atoms with van der Waals surface area (Å²) in [5, 5.41) is 6.06. The summed E-state index contributed by atoms with van der Waals surface area (Å²) < 4.78 is 1.46. The Labute approximate surface area is 83.7 Å². The third-order valence-corrected chi connectivity index (χ3v) is 1.61. The summed E-state index contributed by atoms with van der Waals surface area (Å²) in [5.74, 6) is -0.333. The second-order valence-electron chi connectivity index (χ2n) is 2.11. The van der Waals surface area contributed by atoms with Crippen LogP contribution >= 0.6 is 0 Å². The molecule has 0 heterocycles. The summed E-state index contributed by atoms with van der Waals surface area (Å²) in [4.78, 5) is 0. The van der Waals surface area contributed by atoms with E-state index in [2.05, 4.69) is 35.7 Å². The van der Waals surface area contributed by atoms with Crippen LogP contribution in [0.3, 0.4) is 0 Å².